The minimum atomic E-state index is -0.308. The van der Waals surface area contributed by atoms with Crippen LogP contribution >= 0.6 is 15.9 Å². The van der Waals surface area contributed by atoms with Crippen LogP contribution in [0.1, 0.15) is 17.3 Å². The Balaban J connectivity index is 2.14. The zero-order valence-corrected chi connectivity index (χ0v) is 10.9. The van der Waals surface area contributed by atoms with Crippen LogP contribution in [-0.4, -0.2) is 15.0 Å². The molecular weight excluding hydrogens is 287 g/mol. The summed E-state index contributed by atoms with van der Waals surface area (Å²) in [6.07, 6.45) is 2.34. The minimum absolute atomic E-state index is 0.283. The van der Waals surface area contributed by atoms with Crippen LogP contribution in [0.5, 0.6) is 0 Å². The molecule has 0 fully saturated rings. The topological polar surface area (TPSA) is 56.7 Å². The van der Waals surface area contributed by atoms with Crippen molar-refractivity contribution in [3.63, 3.8) is 0 Å². The number of aryl methyl sites for hydroxylation is 1. The van der Waals surface area contributed by atoms with Crippen molar-refractivity contribution in [2.45, 2.75) is 12.5 Å². The molecule has 0 aliphatic rings. The lowest BCUT2D eigenvalue weighted by Gasteiger charge is -2.10. The Kier molecular flexibility index (Phi) is 3.54. The summed E-state index contributed by atoms with van der Waals surface area (Å²) >= 11 is 3.11. The summed E-state index contributed by atoms with van der Waals surface area (Å²) in [7, 11) is 1.79. The third-order valence-corrected chi connectivity index (χ3v) is 3.09. The molecule has 90 valence electrons. The van der Waals surface area contributed by atoms with Crippen molar-refractivity contribution in [2.75, 3.05) is 0 Å². The fraction of sp³-hybridized carbons (Fsp3) is 0.273. The van der Waals surface area contributed by atoms with Gasteiger partial charge < -0.3 is 5.73 Å². The van der Waals surface area contributed by atoms with Gasteiger partial charge in [0.15, 0.2) is 0 Å². The van der Waals surface area contributed by atoms with Crippen LogP contribution in [-0.2, 0) is 13.5 Å². The number of hydrogen-bond acceptors (Lipinski definition) is 3. The minimum Gasteiger partial charge on any atom is -0.324 e. The molecule has 2 aromatic rings. The molecule has 1 aromatic heterocycles. The summed E-state index contributed by atoms with van der Waals surface area (Å²) in [5, 5.41) is 7.78. The number of hydrogen-bond donors (Lipinski definition) is 1. The number of benzene rings is 1. The average Bonchev–Trinajstić information content (AvgIpc) is 2.68. The highest BCUT2D eigenvalue weighted by Gasteiger charge is 2.11. The van der Waals surface area contributed by atoms with Crippen LogP contribution in [0.4, 0.5) is 4.39 Å². The first-order valence-corrected chi connectivity index (χ1v) is 5.91. The second-order valence-electron chi connectivity index (χ2n) is 3.87. The Morgan fingerprint density at radius 3 is 2.88 bits per heavy atom. The second-order valence-corrected chi connectivity index (χ2v) is 4.72. The molecule has 0 amide bonds. The number of nitrogens with zero attached hydrogens (tertiary/aromatic N) is 3. The van der Waals surface area contributed by atoms with Gasteiger partial charge in [0.05, 0.1) is 10.2 Å². The van der Waals surface area contributed by atoms with Crippen molar-refractivity contribution >= 4 is 15.9 Å². The first kappa shape index (κ1) is 12.2. The lowest BCUT2D eigenvalue weighted by molar-refractivity contribution is 0.611. The van der Waals surface area contributed by atoms with Gasteiger partial charge in [-0.3, -0.25) is 4.68 Å². The molecule has 2 rings (SSSR count). The fourth-order valence-corrected chi connectivity index (χ4v) is 1.82. The van der Waals surface area contributed by atoms with Gasteiger partial charge in [-0.25, -0.2) is 4.39 Å². The molecule has 0 radical (unpaired) electrons. The molecule has 0 saturated carbocycles. The molecule has 4 nitrogen and oxygen atoms in total. The van der Waals surface area contributed by atoms with Gasteiger partial charge in [-0.05, 0) is 33.6 Å². The van der Waals surface area contributed by atoms with E-state index in [1.165, 1.54) is 6.07 Å². The van der Waals surface area contributed by atoms with Crippen molar-refractivity contribution in [3.05, 3.63) is 45.9 Å². The van der Waals surface area contributed by atoms with E-state index in [1.807, 2.05) is 0 Å². The lowest BCUT2D eigenvalue weighted by atomic mass is 10.0. The number of aromatic nitrogens is 3. The molecule has 0 saturated heterocycles. The molecule has 1 atom stereocenters. The first-order chi connectivity index (χ1) is 8.06. The molecule has 0 spiro atoms. The van der Waals surface area contributed by atoms with Crippen molar-refractivity contribution in [1.82, 2.24) is 15.0 Å². The largest absolute Gasteiger partial charge is 0.324 e. The van der Waals surface area contributed by atoms with Crippen LogP contribution in [0.3, 0.4) is 0 Å². The van der Waals surface area contributed by atoms with E-state index in [4.69, 9.17) is 5.73 Å². The molecular formula is C11H12BrFN4. The normalized spacial score (nSPS) is 12.7. The van der Waals surface area contributed by atoms with E-state index >= 15 is 0 Å². The predicted octanol–water partition coefficient (Wildman–Crippen LogP) is 1.96. The third-order valence-electron chi connectivity index (χ3n) is 2.45. The van der Waals surface area contributed by atoms with E-state index in [0.717, 1.165) is 11.3 Å². The maximum Gasteiger partial charge on any atom is 0.137 e. The summed E-state index contributed by atoms with van der Waals surface area (Å²) in [5.41, 5.74) is 7.54. The van der Waals surface area contributed by atoms with Gasteiger partial charge in [-0.15, -0.1) is 5.10 Å². The summed E-state index contributed by atoms with van der Waals surface area (Å²) in [6.45, 7) is 0. The van der Waals surface area contributed by atoms with Gasteiger partial charge in [0, 0.05) is 25.7 Å². The van der Waals surface area contributed by atoms with Crippen molar-refractivity contribution in [1.29, 1.82) is 0 Å². The maximum atomic E-state index is 13.3. The molecule has 0 aliphatic heterocycles. The average molecular weight is 299 g/mol. The molecule has 17 heavy (non-hydrogen) atoms. The van der Waals surface area contributed by atoms with Crippen LogP contribution in [0.25, 0.3) is 0 Å². The van der Waals surface area contributed by atoms with Crippen molar-refractivity contribution < 1.29 is 4.39 Å². The van der Waals surface area contributed by atoms with Crippen LogP contribution < -0.4 is 5.73 Å². The zero-order valence-electron chi connectivity index (χ0n) is 9.27. The Bertz CT molecular complexity index is 526. The Labute approximate surface area is 107 Å². The van der Waals surface area contributed by atoms with Crippen LogP contribution in [0.2, 0.25) is 0 Å². The third kappa shape index (κ3) is 2.89. The van der Waals surface area contributed by atoms with Gasteiger partial charge in [-0.2, -0.15) is 0 Å². The second kappa shape index (κ2) is 4.93. The number of halogens is 2. The van der Waals surface area contributed by atoms with Crippen LogP contribution in [0.15, 0.2) is 28.9 Å². The van der Waals surface area contributed by atoms with E-state index in [0.29, 0.717) is 10.9 Å². The van der Waals surface area contributed by atoms with Gasteiger partial charge >= 0.3 is 0 Å². The SMILES string of the molecule is Cn1cc(CC(N)c2ccc(Br)c(F)c2)nn1. The summed E-state index contributed by atoms with van der Waals surface area (Å²) < 4.78 is 15.4. The summed E-state index contributed by atoms with van der Waals surface area (Å²) in [5.74, 6) is -0.308. The molecule has 0 aliphatic carbocycles. The van der Waals surface area contributed by atoms with Gasteiger partial charge in [0.1, 0.15) is 5.82 Å². The smallest absolute Gasteiger partial charge is 0.137 e. The Morgan fingerprint density at radius 1 is 1.53 bits per heavy atom. The molecule has 1 aromatic carbocycles. The number of nitrogens with two attached hydrogens (primary N) is 1. The molecule has 2 N–H and O–H groups in total. The van der Waals surface area contributed by atoms with E-state index in [-0.39, 0.29) is 11.9 Å². The van der Waals surface area contributed by atoms with Gasteiger partial charge in [-0.1, -0.05) is 11.3 Å². The summed E-state index contributed by atoms with van der Waals surface area (Å²) in [4.78, 5) is 0. The molecule has 1 unspecified atom stereocenters. The quantitative estimate of drug-likeness (QED) is 0.942. The highest BCUT2D eigenvalue weighted by Crippen LogP contribution is 2.21. The Morgan fingerprint density at radius 2 is 2.29 bits per heavy atom. The lowest BCUT2D eigenvalue weighted by Crippen LogP contribution is -2.13. The highest BCUT2D eigenvalue weighted by molar-refractivity contribution is 9.10. The van der Waals surface area contributed by atoms with Crippen molar-refractivity contribution in [3.8, 4) is 0 Å². The molecule has 0 bridgehead atoms. The van der Waals surface area contributed by atoms with Crippen molar-refractivity contribution in [2.24, 2.45) is 12.8 Å². The molecule has 6 heteroatoms. The monoisotopic (exact) mass is 298 g/mol. The van der Waals surface area contributed by atoms with Gasteiger partial charge in [0.25, 0.3) is 0 Å². The first-order valence-electron chi connectivity index (χ1n) is 5.12. The van der Waals surface area contributed by atoms with E-state index < -0.39 is 0 Å². The van der Waals surface area contributed by atoms with Gasteiger partial charge in [0.2, 0.25) is 0 Å². The predicted molar refractivity (Wildman–Crippen MR) is 65.7 cm³/mol. The van der Waals surface area contributed by atoms with E-state index in [1.54, 1.807) is 30.1 Å². The van der Waals surface area contributed by atoms with E-state index in [2.05, 4.69) is 26.2 Å². The standard InChI is InChI=1S/C11H12BrFN4/c1-17-6-8(15-16-17)5-11(14)7-2-3-9(12)10(13)4-7/h2-4,6,11H,5,14H2,1H3. The molecule has 1 heterocycles. The maximum absolute atomic E-state index is 13.3. The van der Waals surface area contributed by atoms with E-state index in [9.17, 15) is 4.39 Å². The fourth-order valence-electron chi connectivity index (χ4n) is 1.58. The number of rotatable bonds is 3. The highest BCUT2D eigenvalue weighted by atomic mass is 79.9. The zero-order chi connectivity index (χ0) is 12.4. The summed E-state index contributed by atoms with van der Waals surface area (Å²) in [6, 6.07) is 4.61. The van der Waals surface area contributed by atoms with Crippen LogP contribution in [0, 0.1) is 5.82 Å². The Hall–Kier alpha value is -1.27.